The summed E-state index contributed by atoms with van der Waals surface area (Å²) in [5.74, 6) is 1.64. The zero-order valence-corrected chi connectivity index (χ0v) is 12.7. The lowest BCUT2D eigenvalue weighted by atomic mass is 9.80. The van der Waals surface area contributed by atoms with E-state index in [0.717, 1.165) is 18.4 Å². The summed E-state index contributed by atoms with van der Waals surface area (Å²) in [5.41, 5.74) is -0.148. The number of amides is 1. The Bertz CT molecular complexity index is 270. The molecule has 0 aromatic carbocycles. The molecule has 2 N–H and O–H groups in total. The maximum Gasteiger partial charge on any atom is 0.237 e. The van der Waals surface area contributed by atoms with E-state index in [4.69, 9.17) is 0 Å². The molecule has 1 aliphatic carbocycles. The predicted octanol–water partition coefficient (Wildman–Crippen LogP) is 2.71. The van der Waals surface area contributed by atoms with Crippen LogP contribution in [0, 0.1) is 11.8 Å². The first-order valence-electron chi connectivity index (χ1n) is 7.35. The van der Waals surface area contributed by atoms with E-state index in [0.29, 0.717) is 0 Å². The van der Waals surface area contributed by atoms with Gasteiger partial charge in [0.15, 0.2) is 0 Å². The fraction of sp³-hybridized carbons (Fsp3) is 0.933. The minimum Gasteiger partial charge on any atom is -0.350 e. The number of carbonyl (C=O) groups is 1. The van der Waals surface area contributed by atoms with Crippen molar-refractivity contribution in [2.75, 3.05) is 6.54 Å². The maximum absolute atomic E-state index is 11.9. The molecule has 0 spiro atoms. The molecule has 18 heavy (non-hydrogen) atoms. The van der Waals surface area contributed by atoms with Crippen LogP contribution >= 0.6 is 0 Å². The number of rotatable bonds is 4. The van der Waals surface area contributed by atoms with E-state index in [9.17, 15) is 4.79 Å². The molecule has 0 aromatic rings. The van der Waals surface area contributed by atoms with Crippen LogP contribution in [0.2, 0.25) is 0 Å². The molecule has 1 rings (SSSR count). The van der Waals surface area contributed by atoms with E-state index in [1.807, 2.05) is 27.7 Å². The van der Waals surface area contributed by atoms with Crippen molar-refractivity contribution in [3.63, 3.8) is 0 Å². The monoisotopic (exact) mass is 254 g/mol. The second-order valence-corrected chi connectivity index (χ2v) is 6.89. The third-order valence-electron chi connectivity index (χ3n) is 3.87. The number of carbonyl (C=O) groups excluding carboxylic acids is 1. The van der Waals surface area contributed by atoms with Gasteiger partial charge in [-0.05, 0) is 52.5 Å². The fourth-order valence-corrected chi connectivity index (χ4v) is 2.60. The van der Waals surface area contributed by atoms with E-state index >= 15 is 0 Å². The minimum absolute atomic E-state index is 0.0987. The van der Waals surface area contributed by atoms with Crippen LogP contribution in [-0.2, 0) is 4.79 Å². The number of hydrogen-bond acceptors (Lipinski definition) is 2. The quantitative estimate of drug-likeness (QED) is 0.810. The molecule has 0 bridgehead atoms. The van der Waals surface area contributed by atoms with Crippen LogP contribution in [0.25, 0.3) is 0 Å². The van der Waals surface area contributed by atoms with Gasteiger partial charge in [0, 0.05) is 5.54 Å². The van der Waals surface area contributed by atoms with E-state index in [1.165, 1.54) is 25.7 Å². The van der Waals surface area contributed by atoms with E-state index in [1.54, 1.807) is 0 Å². The minimum atomic E-state index is -0.148. The number of hydrogen-bond donors (Lipinski definition) is 2. The molecule has 0 aromatic heterocycles. The highest BCUT2D eigenvalue weighted by atomic mass is 16.2. The van der Waals surface area contributed by atoms with E-state index in [-0.39, 0.29) is 17.5 Å². The van der Waals surface area contributed by atoms with Crippen molar-refractivity contribution in [3.8, 4) is 0 Å². The Morgan fingerprint density at radius 3 is 2.44 bits per heavy atom. The van der Waals surface area contributed by atoms with Gasteiger partial charge in [0.1, 0.15) is 0 Å². The molecule has 0 heterocycles. The molecule has 0 saturated heterocycles. The highest BCUT2D eigenvalue weighted by molar-refractivity contribution is 5.81. The standard InChI is InChI=1S/C15H30N2O/c1-11-8-6-7-9-13(11)10-16-12(2)14(18)17-15(3,4)5/h11-13,16H,6-10H2,1-5H3,(H,17,18). The van der Waals surface area contributed by atoms with Crippen LogP contribution in [0.1, 0.15) is 60.3 Å². The van der Waals surface area contributed by atoms with E-state index in [2.05, 4.69) is 17.6 Å². The second-order valence-electron chi connectivity index (χ2n) is 6.89. The molecule has 1 amide bonds. The summed E-state index contributed by atoms with van der Waals surface area (Å²) < 4.78 is 0. The van der Waals surface area contributed by atoms with Gasteiger partial charge in [-0.3, -0.25) is 4.79 Å². The molecule has 3 unspecified atom stereocenters. The van der Waals surface area contributed by atoms with Gasteiger partial charge in [0.2, 0.25) is 5.91 Å². The molecular formula is C15H30N2O. The average molecular weight is 254 g/mol. The molecule has 3 heteroatoms. The largest absolute Gasteiger partial charge is 0.350 e. The zero-order chi connectivity index (χ0) is 13.8. The van der Waals surface area contributed by atoms with Crippen LogP contribution in [0.4, 0.5) is 0 Å². The first kappa shape index (κ1) is 15.5. The van der Waals surface area contributed by atoms with Crippen molar-refractivity contribution in [1.82, 2.24) is 10.6 Å². The van der Waals surface area contributed by atoms with Crippen LogP contribution in [0.5, 0.6) is 0 Å². The van der Waals surface area contributed by atoms with E-state index < -0.39 is 0 Å². The molecule has 1 fully saturated rings. The summed E-state index contributed by atoms with van der Waals surface area (Å²) in [4.78, 5) is 11.9. The first-order valence-corrected chi connectivity index (χ1v) is 7.35. The molecule has 1 aliphatic rings. The molecule has 106 valence electrons. The van der Waals surface area contributed by atoms with Crippen molar-refractivity contribution >= 4 is 5.91 Å². The van der Waals surface area contributed by atoms with Crippen LogP contribution in [0.3, 0.4) is 0 Å². The Morgan fingerprint density at radius 1 is 1.28 bits per heavy atom. The van der Waals surface area contributed by atoms with Gasteiger partial charge in [0.05, 0.1) is 6.04 Å². The van der Waals surface area contributed by atoms with Gasteiger partial charge >= 0.3 is 0 Å². The lowest BCUT2D eigenvalue weighted by molar-refractivity contribution is -0.124. The van der Waals surface area contributed by atoms with Gasteiger partial charge in [-0.1, -0.05) is 26.2 Å². The SMILES string of the molecule is CC(NCC1CCCCC1C)C(=O)NC(C)(C)C. The van der Waals surface area contributed by atoms with Gasteiger partial charge in [0.25, 0.3) is 0 Å². The van der Waals surface area contributed by atoms with Crippen molar-refractivity contribution in [3.05, 3.63) is 0 Å². The lowest BCUT2D eigenvalue weighted by Gasteiger charge is -2.30. The smallest absolute Gasteiger partial charge is 0.237 e. The summed E-state index contributed by atoms with van der Waals surface area (Å²) in [5, 5.41) is 6.41. The third kappa shape index (κ3) is 5.38. The van der Waals surface area contributed by atoms with Crippen LogP contribution in [-0.4, -0.2) is 24.0 Å². The molecule has 0 aliphatic heterocycles. The van der Waals surface area contributed by atoms with Gasteiger partial charge in [-0.15, -0.1) is 0 Å². The Kier molecular flexibility index (Phi) is 5.64. The van der Waals surface area contributed by atoms with Crippen molar-refractivity contribution in [2.45, 2.75) is 71.9 Å². The molecule has 0 radical (unpaired) electrons. The maximum atomic E-state index is 11.9. The van der Waals surface area contributed by atoms with Gasteiger partial charge in [-0.25, -0.2) is 0 Å². The summed E-state index contributed by atoms with van der Waals surface area (Å²) in [6.45, 7) is 11.3. The average Bonchev–Trinajstić information content (AvgIpc) is 2.25. The Hall–Kier alpha value is -0.570. The predicted molar refractivity (Wildman–Crippen MR) is 76.5 cm³/mol. The molecule has 3 nitrogen and oxygen atoms in total. The summed E-state index contributed by atoms with van der Waals surface area (Å²) >= 11 is 0. The Morgan fingerprint density at radius 2 is 1.89 bits per heavy atom. The summed E-state index contributed by atoms with van der Waals surface area (Å²) in [6, 6.07) is -0.0987. The highest BCUT2D eigenvalue weighted by Crippen LogP contribution is 2.28. The molecule has 1 saturated carbocycles. The first-order chi connectivity index (χ1) is 8.29. The third-order valence-corrected chi connectivity index (χ3v) is 3.87. The second kappa shape index (κ2) is 6.55. The summed E-state index contributed by atoms with van der Waals surface area (Å²) in [6.07, 6.45) is 5.37. The number of nitrogens with one attached hydrogen (secondary N) is 2. The van der Waals surface area contributed by atoms with Crippen LogP contribution < -0.4 is 10.6 Å². The lowest BCUT2D eigenvalue weighted by Crippen LogP contribution is -2.50. The fourth-order valence-electron chi connectivity index (χ4n) is 2.60. The van der Waals surface area contributed by atoms with Crippen molar-refractivity contribution in [2.24, 2.45) is 11.8 Å². The Labute approximate surface area is 112 Å². The Balaban J connectivity index is 2.31. The summed E-state index contributed by atoms with van der Waals surface area (Å²) in [7, 11) is 0. The van der Waals surface area contributed by atoms with Gasteiger partial charge in [-0.2, -0.15) is 0 Å². The molecule has 3 atom stereocenters. The normalized spacial score (nSPS) is 26.7. The van der Waals surface area contributed by atoms with Crippen molar-refractivity contribution < 1.29 is 4.79 Å². The molecular weight excluding hydrogens is 224 g/mol. The zero-order valence-electron chi connectivity index (χ0n) is 12.7. The van der Waals surface area contributed by atoms with Crippen molar-refractivity contribution in [1.29, 1.82) is 0 Å². The van der Waals surface area contributed by atoms with Crippen LogP contribution in [0.15, 0.2) is 0 Å². The van der Waals surface area contributed by atoms with Gasteiger partial charge < -0.3 is 10.6 Å². The topological polar surface area (TPSA) is 41.1 Å². The highest BCUT2D eigenvalue weighted by Gasteiger charge is 2.23.